The second-order valence-electron chi connectivity index (χ2n) is 7.05. The molecular weight excluding hydrogens is 455 g/mol. The number of nitrogens with zero attached hydrogens (tertiary/aromatic N) is 3. The molecule has 31 heavy (non-hydrogen) atoms. The van der Waals surface area contributed by atoms with Gasteiger partial charge in [0.25, 0.3) is 5.91 Å². The zero-order valence-corrected chi connectivity index (χ0v) is 18.7. The molecule has 0 aliphatic carbocycles. The highest BCUT2D eigenvalue weighted by molar-refractivity contribution is 7.98. The summed E-state index contributed by atoms with van der Waals surface area (Å²) in [6.45, 7) is 1.71. The lowest BCUT2D eigenvalue weighted by atomic mass is 10.1. The van der Waals surface area contributed by atoms with Crippen LogP contribution in [0.15, 0.2) is 53.1 Å². The molecule has 0 saturated heterocycles. The second-order valence-corrected chi connectivity index (χ2v) is 8.88. The maximum Gasteiger partial charge on any atom is 0.262 e. The third kappa shape index (κ3) is 3.63. The molecule has 5 rings (SSSR count). The van der Waals surface area contributed by atoms with Crippen LogP contribution in [0.4, 0.5) is 5.82 Å². The van der Waals surface area contributed by atoms with E-state index in [0.717, 1.165) is 28.5 Å². The first-order valence-electron chi connectivity index (χ1n) is 9.50. The van der Waals surface area contributed by atoms with Gasteiger partial charge in [-0.3, -0.25) is 4.79 Å². The van der Waals surface area contributed by atoms with Crippen LogP contribution in [0.2, 0.25) is 10.0 Å². The molecule has 156 valence electrons. The normalized spacial score (nSPS) is 12.7. The number of carbonyl (C=O) groups excluding carboxylic acids is 1. The molecule has 4 aromatic rings. The number of nitrogens with one attached hydrogen (secondary N) is 1. The number of fused-ring (bicyclic) bond motifs is 1. The Labute approximate surface area is 192 Å². The van der Waals surface area contributed by atoms with Crippen LogP contribution in [0.3, 0.4) is 0 Å². The van der Waals surface area contributed by atoms with Gasteiger partial charge in [-0.1, -0.05) is 46.6 Å². The van der Waals surface area contributed by atoms with Gasteiger partial charge in [0, 0.05) is 27.7 Å². The highest BCUT2D eigenvalue weighted by Crippen LogP contribution is 2.37. The molecule has 1 aliphatic rings. The van der Waals surface area contributed by atoms with Gasteiger partial charge in [-0.25, -0.2) is 4.68 Å². The van der Waals surface area contributed by atoms with Gasteiger partial charge in [0.15, 0.2) is 0 Å². The molecule has 3 heterocycles. The number of aryl methyl sites for hydroxylation is 1. The summed E-state index contributed by atoms with van der Waals surface area (Å²) in [6, 6.07) is 14.6. The first-order chi connectivity index (χ1) is 15.0. The molecule has 0 bridgehead atoms. The Balaban J connectivity index is 1.56. The summed E-state index contributed by atoms with van der Waals surface area (Å²) in [5, 5.41) is 13.0. The Kier molecular flexibility index (Phi) is 5.25. The number of aromatic nitrogens is 3. The average molecular weight is 471 g/mol. The van der Waals surface area contributed by atoms with Crippen LogP contribution < -0.4 is 5.32 Å². The number of hydrogen-bond acceptors (Lipinski definition) is 5. The number of hydrogen-bond donors (Lipinski definition) is 1. The molecule has 0 unspecified atom stereocenters. The molecule has 6 nitrogen and oxygen atoms in total. The minimum atomic E-state index is -0.330. The van der Waals surface area contributed by atoms with Gasteiger partial charge in [0.05, 0.1) is 16.4 Å². The summed E-state index contributed by atoms with van der Waals surface area (Å²) in [5.74, 6) is 2.30. The van der Waals surface area contributed by atoms with Crippen molar-refractivity contribution in [3.8, 4) is 16.9 Å². The monoisotopic (exact) mass is 470 g/mol. The van der Waals surface area contributed by atoms with E-state index in [1.165, 1.54) is 0 Å². The number of carbonyl (C=O) groups is 1. The number of rotatable bonds is 4. The minimum absolute atomic E-state index is 0.330. The second kappa shape index (κ2) is 8.07. The lowest BCUT2D eigenvalue weighted by Gasteiger charge is -2.11. The molecule has 0 spiro atoms. The van der Waals surface area contributed by atoms with Gasteiger partial charge in [-0.2, -0.15) is 16.9 Å². The van der Waals surface area contributed by atoms with Crippen molar-refractivity contribution in [3.05, 3.63) is 81.2 Å². The fourth-order valence-electron chi connectivity index (χ4n) is 3.56. The molecule has 1 amide bonds. The Morgan fingerprint density at radius 2 is 1.90 bits per heavy atom. The maximum absolute atomic E-state index is 13.4. The number of amides is 1. The van der Waals surface area contributed by atoms with Crippen LogP contribution in [0, 0.1) is 6.92 Å². The van der Waals surface area contributed by atoms with Gasteiger partial charge >= 0.3 is 0 Å². The summed E-state index contributed by atoms with van der Waals surface area (Å²) in [4.78, 5) is 13.4. The zero-order valence-electron chi connectivity index (χ0n) is 16.4. The van der Waals surface area contributed by atoms with E-state index in [1.54, 1.807) is 41.6 Å². The number of thioether (sulfide) groups is 1. The lowest BCUT2D eigenvalue weighted by Crippen LogP contribution is -2.17. The van der Waals surface area contributed by atoms with Crippen molar-refractivity contribution in [1.82, 2.24) is 14.9 Å². The lowest BCUT2D eigenvalue weighted by molar-refractivity contribution is 0.102. The van der Waals surface area contributed by atoms with Crippen LogP contribution in [-0.2, 0) is 11.5 Å². The van der Waals surface area contributed by atoms with E-state index in [-0.39, 0.29) is 5.91 Å². The van der Waals surface area contributed by atoms with Crippen molar-refractivity contribution in [2.24, 2.45) is 0 Å². The third-order valence-corrected chi connectivity index (χ3v) is 6.63. The summed E-state index contributed by atoms with van der Waals surface area (Å²) < 4.78 is 7.10. The number of benzene rings is 2. The molecule has 0 saturated carbocycles. The molecule has 1 aliphatic heterocycles. The summed E-state index contributed by atoms with van der Waals surface area (Å²) in [7, 11) is 0. The Morgan fingerprint density at radius 1 is 1.13 bits per heavy atom. The molecule has 2 aromatic heterocycles. The maximum atomic E-state index is 13.4. The van der Waals surface area contributed by atoms with E-state index in [1.807, 2.05) is 30.3 Å². The third-order valence-electron chi connectivity index (χ3n) is 5.07. The Morgan fingerprint density at radius 3 is 2.68 bits per heavy atom. The van der Waals surface area contributed by atoms with Crippen molar-refractivity contribution in [3.63, 3.8) is 0 Å². The van der Waals surface area contributed by atoms with Gasteiger partial charge in [-0.15, -0.1) is 0 Å². The zero-order chi connectivity index (χ0) is 21.5. The smallest absolute Gasteiger partial charge is 0.262 e. The molecule has 9 heteroatoms. The van der Waals surface area contributed by atoms with E-state index < -0.39 is 0 Å². The molecular formula is C22H16Cl2N4O2S. The van der Waals surface area contributed by atoms with Crippen molar-refractivity contribution >= 4 is 46.7 Å². The quantitative estimate of drug-likeness (QED) is 0.387. The SMILES string of the molecule is Cc1onc(-c2ccccc2Cl)c1C(=O)Nc1c2c(nn1-c1ccc(Cl)cc1)CSC2. The van der Waals surface area contributed by atoms with Crippen LogP contribution in [0.25, 0.3) is 16.9 Å². The predicted molar refractivity (Wildman–Crippen MR) is 123 cm³/mol. The van der Waals surface area contributed by atoms with Crippen LogP contribution in [-0.4, -0.2) is 20.8 Å². The van der Waals surface area contributed by atoms with Gasteiger partial charge in [-0.05, 0) is 37.3 Å². The molecule has 2 aromatic carbocycles. The van der Waals surface area contributed by atoms with Crippen molar-refractivity contribution in [2.75, 3.05) is 5.32 Å². The largest absolute Gasteiger partial charge is 0.360 e. The first-order valence-corrected chi connectivity index (χ1v) is 11.4. The Bertz CT molecular complexity index is 1300. The van der Waals surface area contributed by atoms with Crippen molar-refractivity contribution in [2.45, 2.75) is 18.4 Å². The van der Waals surface area contributed by atoms with E-state index in [2.05, 4.69) is 10.5 Å². The van der Waals surface area contributed by atoms with Gasteiger partial charge in [0.2, 0.25) is 0 Å². The van der Waals surface area contributed by atoms with E-state index in [0.29, 0.717) is 38.4 Å². The fraction of sp³-hybridized carbons (Fsp3) is 0.136. The van der Waals surface area contributed by atoms with Gasteiger partial charge in [0.1, 0.15) is 22.8 Å². The van der Waals surface area contributed by atoms with E-state index in [4.69, 9.17) is 32.8 Å². The van der Waals surface area contributed by atoms with Crippen molar-refractivity contribution in [1.29, 1.82) is 0 Å². The molecule has 0 fully saturated rings. The van der Waals surface area contributed by atoms with Crippen LogP contribution >= 0.6 is 35.0 Å². The minimum Gasteiger partial charge on any atom is -0.360 e. The van der Waals surface area contributed by atoms with E-state index >= 15 is 0 Å². The predicted octanol–water partition coefficient (Wildman–Crippen LogP) is 6.14. The van der Waals surface area contributed by atoms with Crippen LogP contribution in [0.5, 0.6) is 0 Å². The summed E-state index contributed by atoms with van der Waals surface area (Å²) >= 11 is 14.1. The highest BCUT2D eigenvalue weighted by atomic mass is 35.5. The first kappa shape index (κ1) is 20.2. The topological polar surface area (TPSA) is 73.0 Å². The Hall–Kier alpha value is -2.74. The fourth-order valence-corrected chi connectivity index (χ4v) is 4.94. The molecule has 0 atom stereocenters. The average Bonchev–Trinajstić information content (AvgIpc) is 3.45. The number of halogens is 2. The standard InChI is InChI=1S/C22H16Cl2N4O2S/c1-12-19(20(27-30-12)15-4-2-3-5-17(15)24)22(29)25-21-16-10-31-11-18(16)26-28(21)14-8-6-13(23)7-9-14/h2-9H,10-11H2,1H3,(H,25,29). The number of anilines is 1. The summed E-state index contributed by atoms with van der Waals surface area (Å²) in [5.41, 5.74) is 4.18. The van der Waals surface area contributed by atoms with Crippen molar-refractivity contribution < 1.29 is 9.32 Å². The highest BCUT2D eigenvalue weighted by Gasteiger charge is 2.28. The molecule has 0 radical (unpaired) electrons. The summed E-state index contributed by atoms with van der Waals surface area (Å²) in [6.07, 6.45) is 0. The van der Waals surface area contributed by atoms with Gasteiger partial charge < -0.3 is 9.84 Å². The van der Waals surface area contributed by atoms with Crippen LogP contribution in [0.1, 0.15) is 27.4 Å². The van der Waals surface area contributed by atoms with E-state index in [9.17, 15) is 4.79 Å². The molecule has 1 N–H and O–H groups in total.